The molecule has 6 heteroatoms. The Kier molecular flexibility index (Phi) is 4.28. The molecule has 0 aromatic rings. The number of esters is 1. The molecule has 2 aliphatic rings. The number of amidine groups is 1. The lowest BCUT2D eigenvalue weighted by molar-refractivity contribution is -0.145. The van der Waals surface area contributed by atoms with Crippen LogP contribution in [0, 0.1) is 12.8 Å². The van der Waals surface area contributed by atoms with Crippen molar-refractivity contribution < 1.29 is 14.3 Å². The number of ether oxygens (including phenoxy) is 2. The molecule has 0 amide bonds. The van der Waals surface area contributed by atoms with Crippen molar-refractivity contribution in [2.24, 2.45) is 4.99 Å². The zero-order chi connectivity index (χ0) is 12.3. The van der Waals surface area contributed by atoms with Crippen molar-refractivity contribution >= 4 is 22.9 Å². The number of thioether (sulfide) groups is 1. The summed E-state index contributed by atoms with van der Waals surface area (Å²) in [7, 11) is 0. The number of hydrogen-bond donors (Lipinski definition) is 1. The van der Waals surface area contributed by atoms with Gasteiger partial charge in [0.05, 0.1) is 6.04 Å². The first-order valence-electron chi connectivity index (χ1n) is 5.47. The first-order chi connectivity index (χ1) is 8.19. The molecule has 92 valence electrons. The lowest BCUT2D eigenvalue weighted by atomic mass is 10.1. The molecule has 5 nitrogen and oxygen atoms in total. The van der Waals surface area contributed by atoms with Crippen molar-refractivity contribution in [2.45, 2.75) is 31.4 Å². The van der Waals surface area contributed by atoms with E-state index in [1.54, 1.807) is 0 Å². The Morgan fingerprint density at radius 1 is 1.65 bits per heavy atom. The Morgan fingerprint density at radius 2 is 2.47 bits per heavy atom. The second kappa shape index (κ2) is 5.73. The van der Waals surface area contributed by atoms with Crippen LogP contribution in [-0.4, -0.2) is 41.9 Å². The van der Waals surface area contributed by atoms with E-state index in [0.717, 1.165) is 11.7 Å². The highest BCUT2D eigenvalue weighted by molar-refractivity contribution is 8.14. The minimum atomic E-state index is -0.344. The van der Waals surface area contributed by atoms with Crippen LogP contribution in [0.5, 0.6) is 0 Å². The molecule has 0 unspecified atom stereocenters. The highest BCUT2D eigenvalue weighted by atomic mass is 32.2. The third-order valence-electron chi connectivity index (χ3n) is 2.20. The fourth-order valence-corrected chi connectivity index (χ4v) is 2.55. The van der Waals surface area contributed by atoms with Gasteiger partial charge in [0.1, 0.15) is 18.1 Å². The van der Waals surface area contributed by atoms with Crippen molar-refractivity contribution in [3.8, 4) is 0 Å². The standard InChI is InChI=1S/C11H14N2O3S/c1-3-12-11-13-9-5-4-8(6-15-7(2)14)16-10(9)17-11/h8-10H,3,6H2,1-2H3,(H,12,13)/t8-,9-,10-/m1/s1. The molecule has 0 saturated carbocycles. The summed E-state index contributed by atoms with van der Waals surface area (Å²) >= 11 is 1.53. The Balaban J connectivity index is 1.80. The minimum absolute atomic E-state index is 0.0918. The molecular formula is C11H14N2O3S. The molecule has 1 N–H and O–H groups in total. The van der Waals surface area contributed by atoms with Crippen molar-refractivity contribution in [3.63, 3.8) is 0 Å². The maximum atomic E-state index is 10.7. The van der Waals surface area contributed by atoms with Crippen LogP contribution in [0.15, 0.2) is 4.99 Å². The lowest BCUT2D eigenvalue weighted by Crippen LogP contribution is -2.37. The van der Waals surface area contributed by atoms with Crippen LogP contribution in [0.2, 0.25) is 0 Å². The van der Waals surface area contributed by atoms with Crippen LogP contribution >= 0.6 is 11.8 Å². The van der Waals surface area contributed by atoms with Gasteiger partial charge in [-0.15, -0.1) is 0 Å². The molecule has 17 heavy (non-hydrogen) atoms. The van der Waals surface area contributed by atoms with Gasteiger partial charge in [-0.05, 0) is 6.92 Å². The van der Waals surface area contributed by atoms with E-state index < -0.39 is 0 Å². The molecule has 0 bridgehead atoms. The van der Waals surface area contributed by atoms with Gasteiger partial charge in [0.15, 0.2) is 5.17 Å². The third-order valence-corrected chi connectivity index (χ3v) is 3.27. The number of nitrogens with zero attached hydrogens (tertiary/aromatic N) is 1. The molecular weight excluding hydrogens is 240 g/mol. The van der Waals surface area contributed by atoms with Crippen LogP contribution in [0.1, 0.15) is 13.8 Å². The second-order valence-electron chi connectivity index (χ2n) is 3.61. The molecule has 1 saturated heterocycles. The van der Waals surface area contributed by atoms with Gasteiger partial charge in [0, 0.05) is 26.3 Å². The zero-order valence-electron chi connectivity index (χ0n) is 9.73. The maximum absolute atomic E-state index is 10.7. The topological polar surface area (TPSA) is 59.9 Å². The number of nitrogens with one attached hydrogen (secondary N) is 1. The monoisotopic (exact) mass is 254 g/mol. The Labute approximate surface area is 105 Å². The fourth-order valence-electron chi connectivity index (χ4n) is 1.48. The number of carbonyl (C=O) groups excluding carboxylic acids is 1. The zero-order valence-corrected chi connectivity index (χ0v) is 10.5. The summed E-state index contributed by atoms with van der Waals surface area (Å²) in [5, 5.41) is 4.01. The predicted octanol–water partition coefficient (Wildman–Crippen LogP) is 0.518. The Bertz CT molecular complexity index is 322. The molecule has 1 fully saturated rings. The Morgan fingerprint density at radius 3 is 3.18 bits per heavy atom. The third kappa shape index (κ3) is 3.35. The number of aliphatic imine (C=N–C) groups is 1. The first kappa shape index (κ1) is 12.7. The normalized spacial score (nSPS) is 31.6. The van der Waals surface area contributed by atoms with E-state index >= 15 is 0 Å². The van der Waals surface area contributed by atoms with Crippen molar-refractivity contribution in [1.29, 1.82) is 0 Å². The van der Waals surface area contributed by atoms with Crippen LogP contribution in [0.25, 0.3) is 0 Å². The van der Waals surface area contributed by atoms with E-state index in [1.165, 1.54) is 18.7 Å². The highest BCUT2D eigenvalue weighted by Gasteiger charge is 2.38. The summed E-state index contributed by atoms with van der Waals surface area (Å²) in [6.07, 6.45) is 5.60. The fraction of sp³-hybridized carbons (Fsp3) is 0.636. The van der Waals surface area contributed by atoms with E-state index in [1.807, 2.05) is 6.92 Å². The molecule has 2 heterocycles. The molecule has 0 aromatic carbocycles. The summed E-state index contributed by atoms with van der Waals surface area (Å²) in [5.74, 6) is -0.318. The average molecular weight is 254 g/mol. The van der Waals surface area contributed by atoms with Gasteiger partial charge in [0.2, 0.25) is 0 Å². The van der Waals surface area contributed by atoms with Crippen LogP contribution in [-0.2, 0) is 14.3 Å². The molecule has 0 aliphatic carbocycles. The summed E-state index contributed by atoms with van der Waals surface area (Å²) in [4.78, 5) is 15.1. The molecule has 2 rings (SSSR count). The van der Waals surface area contributed by atoms with E-state index in [9.17, 15) is 4.79 Å². The van der Waals surface area contributed by atoms with Gasteiger partial charge in [-0.25, -0.2) is 0 Å². The second-order valence-corrected chi connectivity index (χ2v) is 4.70. The van der Waals surface area contributed by atoms with Crippen molar-refractivity contribution in [3.05, 3.63) is 12.8 Å². The van der Waals surface area contributed by atoms with Gasteiger partial charge in [-0.3, -0.25) is 9.79 Å². The van der Waals surface area contributed by atoms with E-state index in [0.29, 0.717) is 0 Å². The van der Waals surface area contributed by atoms with Crippen LogP contribution in [0.3, 0.4) is 0 Å². The summed E-state index contributed by atoms with van der Waals surface area (Å²) in [5.41, 5.74) is -0.0918. The number of rotatable bonds is 3. The molecule has 2 aliphatic heterocycles. The summed E-state index contributed by atoms with van der Waals surface area (Å²) in [6, 6.07) is -0.109. The minimum Gasteiger partial charge on any atom is -0.463 e. The largest absolute Gasteiger partial charge is 0.463 e. The van der Waals surface area contributed by atoms with Crippen LogP contribution < -0.4 is 5.32 Å². The highest BCUT2D eigenvalue weighted by Crippen LogP contribution is 2.34. The number of carbonyl (C=O) groups is 1. The molecule has 0 spiro atoms. The van der Waals surface area contributed by atoms with Gasteiger partial charge in [-0.1, -0.05) is 11.8 Å². The number of hydrogen-bond acceptors (Lipinski definition) is 6. The summed E-state index contributed by atoms with van der Waals surface area (Å²) < 4.78 is 10.6. The predicted molar refractivity (Wildman–Crippen MR) is 64.3 cm³/mol. The average Bonchev–Trinajstić information content (AvgIpc) is 2.68. The Hall–Kier alpha value is -0.750. The quantitative estimate of drug-likeness (QED) is 0.744. The first-order valence-corrected chi connectivity index (χ1v) is 6.35. The van der Waals surface area contributed by atoms with E-state index in [2.05, 4.69) is 23.2 Å². The van der Waals surface area contributed by atoms with Gasteiger partial charge in [0.25, 0.3) is 0 Å². The van der Waals surface area contributed by atoms with Crippen molar-refractivity contribution in [1.82, 2.24) is 5.32 Å². The van der Waals surface area contributed by atoms with Gasteiger partial charge < -0.3 is 14.8 Å². The van der Waals surface area contributed by atoms with Crippen molar-refractivity contribution in [2.75, 3.05) is 13.2 Å². The molecule has 4 radical (unpaired) electrons. The van der Waals surface area contributed by atoms with Gasteiger partial charge in [-0.2, -0.15) is 0 Å². The molecule has 3 atom stereocenters. The molecule has 0 aromatic heterocycles. The SMILES string of the molecule is CCNC1=N[C@@H]2[C][C][C@H](COC(C)=O)O[C@@H]2S1. The van der Waals surface area contributed by atoms with Crippen LogP contribution in [0.4, 0.5) is 0 Å². The maximum Gasteiger partial charge on any atom is 0.302 e. The van der Waals surface area contributed by atoms with E-state index in [-0.39, 0.29) is 30.2 Å². The number of fused-ring (bicyclic) bond motifs is 1. The van der Waals surface area contributed by atoms with E-state index in [4.69, 9.17) is 9.47 Å². The van der Waals surface area contributed by atoms with Gasteiger partial charge >= 0.3 is 5.97 Å². The smallest absolute Gasteiger partial charge is 0.302 e. The summed E-state index contributed by atoms with van der Waals surface area (Å²) in [6.45, 7) is 4.40. The lowest BCUT2D eigenvalue weighted by Gasteiger charge is -2.28.